The Bertz CT molecular complexity index is 660. The van der Waals surface area contributed by atoms with Crippen LogP contribution in [0.3, 0.4) is 0 Å². The van der Waals surface area contributed by atoms with Crippen molar-refractivity contribution in [3.8, 4) is 0 Å². The van der Waals surface area contributed by atoms with Crippen molar-refractivity contribution in [2.45, 2.75) is 37.4 Å². The van der Waals surface area contributed by atoms with Crippen LogP contribution in [0.5, 0.6) is 0 Å². The van der Waals surface area contributed by atoms with Gasteiger partial charge in [0, 0.05) is 30.2 Å². The van der Waals surface area contributed by atoms with E-state index in [2.05, 4.69) is 4.90 Å². The van der Waals surface area contributed by atoms with Gasteiger partial charge in [0.2, 0.25) is 5.91 Å². The molecule has 1 aromatic carbocycles. The third kappa shape index (κ3) is 4.54. The number of amides is 2. The Morgan fingerprint density at radius 3 is 2.40 bits per heavy atom. The van der Waals surface area contributed by atoms with Gasteiger partial charge in [0.15, 0.2) is 0 Å². The Hall–Kier alpha value is -1.11. The number of rotatable bonds is 2. The maximum absolute atomic E-state index is 13.0. The summed E-state index contributed by atoms with van der Waals surface area (Å²) in [6.45, 7) is 2.41. The number of hydrogen-bond acceptors (Lipinski definition) is 4. The molecule has 2 fully saturated rings. The van der Waals surface area contributed by atoms with Crippen molar-refractivity contribution in [2.24, 2.45) is 0 Å². The van der Waals surface area contributed by atoms with Gasteiger partial charge < -0.3 is 4.90 Å². The number of thiocarbonyl (C=S) groups is 1. The molecule has 3 rings (SSSR count). The molecule has 0 aromatic heterocycles. The van der Waals surface area contributed by atoms with Crippen LogP contribution in [0.4, 0.5) is 0 Å². The second-order valence-corrected chi connectivity index (χ2v) is 8.64. The summed E-state index contributed by atoms with van der Waals surface area (Å²) < 4.78 is 0.789. The summed E-state index contributed by atoms with van der Waals surface area (Å²) >= 11 is 12.9. The van der Waals surface area contributed by atoms with E-state index in [0.29, 0.717) is 17.1 Å². The second kappa shape index (κ2) is 8.52. The molecule has 2 aliphatic heterocycles. The van der Waals surface area contributed by atoms with Crippen LogP contribution in [0.1, 0.15) is 42.5 Å². The van der Waals surface area contributed by atoms with Crippen molar-refractivity contribution in [3.05, 3.63) is 34.9 Å². The molecule has 0 aliphatic carbocycles. The number of likely N-dealkylation sites (tertiary alicyclic amines) is 2. The minimum atomic E-state index is -0.271. The van der Waals surface area contributed by atoms with Gasteiger partial charge in [-0.05, 0) is 49.9 Å². The van der Waals surface area contributed by atoms with Gasteiger partial charge in [-0.2, -0.15) is 0 Å². The first-order valence-electron chi connectivity index (χ1n) is 8.63. The third-order valence-electron chi connectivity index (χ3n) is 4.58. The molecule has 0 spiro atoms. The van der Waals surface area contributed by atoms with Crippen LogP contribution in [0.15, 0.2) is 24.3 Å². The first-order chi connectivity index (χ1) is 12.1. The topological polar surface area (TPSA) is 40.6 Å². The normalized spacial score (nSPS) is 21.3. The van der Waals surface area contributed by atoms with E-state index in [4.69, 9.17) is 23.8 Å². The number of hydrogen-bond donors (Lipinski definition) is 0. The molecular weight excluding hydrogens is 376 g/mol. The van der Waals surface area contributed by atoms with Crippen LogP contribution in [0.2, 0.25) is 5.02 Å². The zero-order chi connectivity index (χ0) is 17.8. The number of nitrogens with zero attached hydrogens (tertiary/aromatic N) is 2. The largest absolute Gasteiger partial charge is 0.358 e. The van der Waals surface area contributed by atoms with E-state index in [0.717, 1.165) is 49.5 Å². The molecule has 0 N–H and O–H groups in total. The minimum Gasteiger partial charge on any atom is -0.358 e. The summed E-state index contributed by atoms with van der Waals surface area (Å²) in [5, 5.41) is 0.301. The summed E-state index contributed by atoms with van der Waals surface area (Å²) in [4.78, 5) is 29.3. The van der Waals surface area contributed by atoms with Crippen LogP contribution < -0.4 is 0 Å². The predicted molar refractivity (Wildman–Crippen MR) is 106 cm³/mol. The molecule has 0 unspecified atom stereocenters. The number of carbonyl (C=O) groups is 2. The first-order valence-corrected chi connectivity index (χ1v) is 10.3. The quantitative estimate of drug-likeness (QED) is 0.558. The predicted octanol–water partition coefficient (Wildman–Crippen LogP) is 3.98. The highest BCUT2D eigenvalue weighted by atomic mass is 35.5. The summed E-state index contributed by atoms with van der Waals surface area (Å²) in [6.07, 6.45) is 4.83. The lowest BCUT2D eigenvalue weighted by Crippen LogP contribution is -2.42. The molecule has 0 bridgehead atoms. The highest BCUT2D eigenvalue weighted by Gasteiger charge is 2.33. The molecule has 2 amide bonds. The Morgan fingerprint density at radius 2 is 1.72 bits per heavy atom. The molecule has 4 nitrogen and oxygen atoms in total. The van der Waals surface area contributed by atoms with Crippen LogP contribution in [0, 0.1) is 0 Å². The summed E-state index contributed by atoms with van der Waals surface area (Å²) in [5.74, 6) is -0.370. The van der Waals surface area contributed by atoms with Gasteiger partial charge in [-0.15, -0.1) is 0 Å². The lowest BCUT2D eigenvalue weighted by atomic mass is 10.2. The third-order valence-corrected chi connectivity index (χ3v) is 6.56. The van der Waals surface area contributed by atoms with Gasteiger partial charge in [-0.3, -0.25) is 14.5 Å². The van der Waals surface area contributed by atoms with Gasteiger partial charge in [0.05, 0.1) is 5.25 Å². The van der Waals surface area contributed by atoms with Crippen molar-refractivity contribution < 1.29 is 9.59 Å². The number of halogens is 1. The van der Waals surface area contributed by atoms with Gasteiger partial charge in [0.1, 0.15) is 4.32 Å². The zero-order valence-electron chi connectivity index (χ0n) is 13.9. The minimum absolute atomic E-state index is 0.121. The summed E-state index contributed by atoms with van der Waals surface area (Å²) in [6, 6.07) is 6.68. The SMILES string of the molecule is O=C(c1ccc(Cl)cc1)N1CCCC[C@H](SC(=S)N2CCCC2)C1=O. The molecule has 2 saturated heterocycles. The fraction of sp³-hybridized carbons (Fsp3) is 0.500. The van der Waals surface area contributed by atoms with Crippen LogP contribution in [0.25, 0.3) is 0 Å². The highest BCUT2D eigenvalue weighted by molar-refractivity contribution is 8.23. The maximum Gasteiger partial charge on any atom is 0.260 e. The summed E-state index contributed by atoms with van der Waals surface area (Å²) in [5.41, 5.74) is 0.491. The Labute approximate surface area is 162 Å². The van der Waals surface area contributed by atoms with E-state index < -0.39 is 0 Å². The second-order valence-electron chi connectivity index (χ2n) is 6.36. The number of carbonyl (C=O) groups excluding carboxylic acids is 2. The highest BCUT2D eigenvalue weighted by Crippen LogP contribution is 2.28. The van der Waals surface area contributed by atoms with Crippen LogP contribution in [-0.2, 0) is 4.79 Å². The molecule has 2 aliphatic rings. The van der Waals surface area contributed by atoms with E-state index in [9.17, 15) is 9.59 Å². The van der Waals surface area contributed by atoms with Gasteiger partial charge in [0.25, 0.3) is 5.91 Å². The fourth-order valence-electron chi connectivity index (χ4n) is 3.16. The van der Waals surface area contributed by atoms with Crippen molar-refractivity contribution in [1.82, 2.24) is 9.80 Å². The van der Waals surface area contributed by atoms with Gasteiger partial charge in [-0.25, -0.2) is 0 Å². The molecular formula is C18H21ClN2O2S2. The lowest BCUT2D eigenvalue weighted by Gasteiger charge is -2.25. The van der Waals surface area contributed by atoms with E-state index in [1.165, 1.54) is 16.7 Å². The molecule has 0 radical (unpaired) electrons. The zero-order valence-corrected chi connectivity index (χ0v) is 16.3. The average Bonchev–Trinajstić information content (AvgIpc) is 3.09. The van der Waals surface area contributed by atoms with Crippen LogP contribution in [-0.4, -0.2) is 50.8 Å². The van der Waals surface area contributed by atoms with Gasteiger partial charge >= 0.3 is 0 Å². The molecule has 25 heavy (non-hydrogen) atoms. The molecule has 0 saturated carbocycles. The number of imide groups is 1. The Balaban J connectivity index is 1.71. The number of thioether (sulfide) groups is 1. The van der Waals surface area contributed by atoms with Crippen molar-refractivity contribution >= 4 is 51.7 Å². The molecule has 7 heteroatoms. The first kappa shape index (κ1) is 18.7. The van der Waals surface area contributed by atoms with Crippen molar-refractivity contribution in [3.63, 3.8) is 0 Å². The standard InChI is InChI=1S/C18H21ClN2O2S2/c19-14-8-6-13(7-9-14)16(22)21-12-2-1-5-15(17(21)23)25-18(24)20-10-3-4-11-20/h6-9,15H,1-5,10-12H2/t15-/m0/s1. The van der Waals surface area contributed by atoms with E-state index in [1.54, 1.807) is 24.3 Å². The molecule has 2 heterocycles. The smallest absolute Gasteiger partial charge is 0.260 e. The van der Waals surface area contributed by atoms with Gasteiger partial charge in [-0.1, -0.05) is 42.0 Å². The summed E-state index contributed by atoms with van der Waals surface area (Å²) in [7, 11) is 0. The van der Waals surface area contributed by atoms with E-state index in [1.807, 2.05) is 0 Å². The maximum atomic E-state index is 13.0. The van der Waals surface area contributed by atoms with E-state index in [-0.39, 0.29) is 17.1 Å². The van der Waals surface area contributed by atoms with Crippen molar-refractivity contribution in [2.75, 3.05) is 19.6 Å². The Morgan fingerprint density at radius 1 is 1.08 bits per heavy atom. The molecule has 1 atom stereocenters. The monoisotopic (exact) mass is 396 g/mol. The average molecular weight is 397 g/mol. The fourth-order valence-corrected chi connectivity index (χ4v) is 4.91. The Kier molecular flexibility index (Phi) is 6.36. The van der Waals surface area contributed by atoms with Crippen molar-refractivity contribution in [1.29, 1.82) is 0 Å². The molecule has 134 valence electrons. The number of benzene rings is 1. The lowest BCUT2D eigenvalue weighted by molar-refractivity contribution is -0.127. The molecule has 1 aromatic rings. The van der Waals surface area contributed by atoms with Crippen LogP contribution >= 0.6 is 35.6 Å². The van der Waals surface area contributed by atoms with E-state index >= 15 is 0 Å².